The summed E-state index contributed by atoms with van der Waals surface area (Å²) in [4.78, 5) is 14.4. The Bertz CT molecular complexity index is 870. The molecule has 1 aromatic rings. The summed E-state index contributed by atoms with van der Waals surface area (Å²) in [5.74, 6) is 0.727. The summed E-state index contributed by atoms with van der Waals surface area (Å²) >= 11 is 11.4. The van der Waals surface area contributed by atoms with E-state index < -0.39 is 21.7 Å². The molecule has 1 saturated heterocycles. The van der Waals surface area contributed by atoms with Crippen molar-refractivity contribution >= 4 is 40.7 Å². The van der Waals surface area contributed by atoms with E-state index in [1.54, 1.807) is 23.1 Å². The highest BCUT2D eigenvalue weighted by atomic mass is 35.5. The minimum Gasteiger partial charge on any atom is -0.598 e. The van der Waals surface area contributed by atoms with Crippen LogP contribution in [0.5, 0.6) is 5.75 Å². The summed E-state index contributed by atoms with van der Waals surface area (Å²) in [6.45, 7) is 18.5. The van der Waals surface area contributed by atoms with E-state index in [-0.39, 0.29) is 24.0 Å². The third-order valence-electron chi connectivity index (χ3n) is 5.59. The zero-order chi connectivity index (χ0) is 25.8. The molecule has 1 aliphatic heterocycles. The first kappa shape index (κ1) is 29.1. The summed E-state index contributed by atoms with van der Waals surface area (Å²) in [7, 11) is 0. The Hall–Kier alpha value is -1.12. The highest BCUT2D eigenvalue weighted by Gasteiger charge is 2.41. The van der Waals surface area contributed by atoms with Gasteiger partial charge in [0.25, 0.3) is 0 Å². The second kappa shape index (κ2) is 11.7. The molecule has 1 aromatic carbocycles. The first-order valence-electron chi connectivity index (χ1n) is 11.5. The molecule has 6 nitrogen and oxygen atoms in total. The lowest BCUT2D eigenvalue weighted by Crippen LogP contribution is -2.50. The smallest absolute Gasteiger partial charge is 0.410 e. The maximum atomic E-state index is 13.2. The van der Waals surface area contributed by atoms with Crippen LogP contribution in [0.4, 0.5) is 4.79 Å². The third-order valence-corrected chi connectivity index (χ3v) is 7.89. The zero-order valence-corrected chi connectivity index (χ0v) is 23.6. The largest absolute Gasteiger partial charge is 0.598 e. The number of ether oxygens (including phenoxy) is 2. The predicted molar refractivity (Wildman–Crippen MR) is 141 cm³/mol. The van der Waals surface area contributed by atoms with Crippen LogP contribution in [-0.2, 0) is 16.1 Å². The van der Waals surface area contributed by atoms with Crippen LogP contribution in [0.3, 0.4) is 0 Å². The maximum Gasteiger partial charge on any atom is 0.410 e. The number of likely N-dealkylation sites (tertiary alicyclic amines) is 1. The van der Waals surface area contributed by atoms with E-state index in [9.17, 15) is 9.35 Å². The molecule has 1 heterocycles. The first-order valence-corrected chi connectivity index (χ1v) is 13.4. The van der Waals surface area contributed by atoms with Gasteiger partial charge in [-0.15, -0.1) is 4.72 Å². The quantitative estimate of drug-likeness (QED) is 0.318. The van der Waals surface area contributed by atoms with Crippen LogP contribution >= 0.6 is 23.2 Å². The van der Waals surface area contributed by atoms with Crippen LogP contribution in [0.2, 0.25) is 10.0 Å². The van der Waals surface area contributed by atoms with Crippen molar-refractivity contribution in [2.75, 3.05) is 19.7 Å². The fourth-order valence-corrected chi connectivity index (χ4v) is 5.10. The Balaban J connectivity index is 2.40. The summed E-state index contributed by atoms with van der Waals surface area (Å²) in [6, 6.07) is 3.15. The molecule has 2 rings (SSSR count). The van der Waals surface area contributed by atoms with E-state index in [1.165, 1.54) is 0 Å². The van der Waals surface area contributed by atoms with Crippen LogP contribution in [0.15, 0.2) is 24.8 Å². The van der Waals surface area contributed by atoms with Gasteiger partial charge < -0.3 is 18.9 Å². The molecule has 4 unspecified atom stereocenters. The van der Waals surface area contributed by atoms with E-state index in [4.69, 9.17) is 32.7 Å². The minimum absolute atomic E-state index is 0.0633. The number of nitrogens with zero attached hydrogens (tertiary/aromatic N) is 1. The van der Waals surface area contributed by atoms with Crippen molar-refractivity contribution in [1.82, 2.24) is 9.62 Å². The molecule has 1 amide bonds. The number of halogens is 2. The Labute approximate surface area is 217 Å². The highest BCUT2D eigenvalue weighted by molar-refractivity contribution is 7.90. The van der Waals surface area contributed by atoms with E-state index in [0.29, 0.717) is 41.9 Å². The Morgan fingerprint density at radius 3 is 2.44 bits per heavy atom. The molecular formula is C25H38Cl2N2O4S. The summed E-state index contributed by atoms with van der Waals surface area (Å²) in [5.41, 5.74) is 0.235. The molecule has 0 saturated carbocycles. The summed E-state index contributed by atoms with van der Waals surface area (Å²) in [5, 5.41) is 0.780. The van der Waals surface area contributed by atoms with Gasteiger partial charge in [-0.2, -0.15) is 0 Å². The standard InChI is InChI=1S/C25H38Cl2N2O4S/c1-9-12-32-21-14-20(27)19(26)13-18(21)22(28-34(31)25(6,7)8)17-10-11-29(15-16(17)2)23(30)33-24(3,4)5/h9,13-14,16-17,22,28H,1,10-12,15H2,2-8H3. The fourth-order valence-electron chi connectivity index (χ4n) is 3.89. The van der Waals surface area contributed by atoms with Gasteiger partial charge in [0.2, 0.25) is 0 Å². The van der Waals surface area contributed by atoms with Crippen LogP contribution in [0.1, 0.15) is 66.5 Å². The molecule has 1 N–H and O–H groups in total. The third kappa shape index (κ3) is 7.95. The topological polar surface area (TPSA) is 73.9 Å². The number of benzene rings is 1. The number of carbonyl (C=O) groups is 1. The summed E-state index contributed by atoms with van der Waals surface area (Å²) in [6.07, 6.45) is 2.04. The van der Waals surface area contributed by atoms with Crippen molar-refractivity contribution in [2.45, 2.75) is 71.3 Å². The molecule has 0 bridgehead atoms. The monoisotopic (exact) mass is 532 g/mol. The van der Waals surface area contributed by atoms with Crippen LogP contribution < -0.4 is 9.46 Å². The molecule has 0 aliphatic carbocycles. The van der Waals surface area contributed by atoms with Crippen LogP contribution in [0, 0.1) is 11.8 Å². The van der Waals surface area contributed by atoms with Gasteiger partial charge in [-0.05, 0) is 65.9 Å². The number of hydrogen-bond acceptors (Lipinski definition) is 5. The van der Waals surface area contributed by atoms with Crippen molar-refractivity contribution < 1.29 is 18.8 Å². The van der Waals surface area contributed by atoms with Gasteiger partial charge in [0.15, 0.2) is 0 Å². The summed E-state index contributed by atoms with van der Waals surface area (Å²) < 4.78 is 27.6. The molecule has 1 fully saturated rings. The number of amides is 1. The molecule has 0 aromatic heterocycles. The van der Waals surface area contributed by atoms with Crippen molar-refractivity contribution in [1.29, 1.82) is 0 Å². The van der Waals surface area contributed by atoms with E-state index in [1.807, 2.05) is 41.5 Å². The number of piperidine rings is 1. The van der Waals surface area contributed by atoms with Gasteiger partial charge >= 0.3 is 6.09 Å². The van der Waals surface area contributed by atoms with Crippen molar-refractivity contribution in [3.05, 3.63) is 40.4 Å². The lowest BCUT2D eigenvalue weighted by atomic mass is 9.79. The van der Waals surface area contributed by atoms with Crippen LogP contribution in [-0.4, -0.2) is 45.6 Å². The van der Waals surface area contributed by atoms with Crippen molar-refractivity contribution in [2.24, 2.45) is 11.8 Å². The second-order valence-corrected chi connectivity index (χ2v) is 13.5. The highest BCUT2D eigenvalue weighted by Crippen LogP contribution is 2.42. The second-order valence-electron chi connectivity index (χ2n) is 10.7. The van der Waals surface area contributed by atoms with Crippen molar-refractivity contribution in [3.63, 3.8) is 0 Å². The molecule has 0 spiro atoms. The lowest BCUT2D eigenvalue weighted by molar-refractivity contribution is 0.00925. The Morgan fingerprint density at radius 1 is 1.29 bits per heavy atom. The average Bonchev–Trinajstić information content (AvgIpc) is 2.70. The maximum absolute atomic E-state index is 13.2. The van der Waals surface area contributed by atoms with Gasteiger partial charge in [0.1, 0.15) is 22.7 Å². The molecule has 0 radical (unpaired) electrons. The molecule has 1 aliphatic rings. The zero-order valence-electron chi connectivity index (χ0n) is 21.2. The molecule has 34 heavy (non-hydrogen) atoms. The SMILES string of the molecule is C=CCOc1cc(Cl)c(Cl)cc1C(N[S+]([O-])C(C)(C)C)C1CCN(C(=O)OC(C)(C)C)CC1C. The lowest BCUT2D eigenvalue weighted by Gasteiger charge is -2.42. The minimum atomic E-state index is -1.35. The van der Waals surface area contributed by atoms with Gasteiger partial charge in [-0.1, -0.05) is 42.8 Å². The van der Waals surface area contributed by atoms with Gasteiger partial charge in [0, 0.05) is 36.1 Å². The van der Waals surface area contributed by atoms with E-state index in [0.717, 1.165) is 5.56 Å². The van der Waals surface area contributed by atoms with Gasteiger partial charge in [0.05, 0.1) is 16.1 Å². The van der Waals surface area contributed by atoms with E-state index >= 15 is 0 Å². The normalized spacial score (nSPS) is 21.1. The Kier molecular flexibility index (Phi) is 10.1. The number of nitrogens with one attached hydrogen (secondary N) is 1. The van der Waals surface area contributed by atoms with Crippen LogP contribution in [0.25, 0.3) is 0 Å². The number of rotatable bonds is 7. The molecule has 192 valence electrons. The predicted octanol–water partition coefficient (Wildman–Crippen LogP) is 6.54. The Morgan fingerprint density at radius 2 is 1.91 bits per heavy atom. The number of hydrogen-bond donors (Lipinski definition) is 1. The fraction of sp³-hybridized carbons (Fsp3) is 0.640. The molecule has 4 atom stereocenters. The number of carbonyl (C=O) groups excluding carboxylic acids is 1. The van der Waals surface area contributed by atoms with Gasteiger partial charge in [-0.3, -0.25) is 0 Å². The van der Waals surface area contributed by atoms with E-state index in [2.05, 4.69) is 18.2 Å². The van der Waals surface area contributed by atoms with Gasteiger partial charge in [-0.25, -0.2) is 4.79 Å². The first-order chi connectivity index (χ1) is 15.6. The molecular weight excluding hydrogens is 495 g/mol. The average molecular weight is 534 g/mol. The van der Waals surface area contributed by atoms with Crippen molar-refractivity contribution in [3.8, 4) is 5.75 Å². The molecule has 9 heteroatoms.